The van der Waals surface area contributed by atoms with Crippen LogP contribution in [0.25, 0.3) is 0 Å². The minimum absolute atomic E-state index is 0.0174. The molecule has 0 fully saturated rings. The van der Waals surface area contributed by atoms with Gasteiger partial charge in [0.15, 0.2) is 0 Å². The number of alkyl carbamates (subject to hydrolysis) is 1. The predicted octanol–water partition coefficient (Wildman–Crippen LogP) is 5.43. The van der Waals surface area contributed by atoms with Gasteiger partial charge in [0.25, 0.3) is 0 Å². The van der Waals surface area contributed by atoms with Gasteiger partial charge >= 0.3 is 12.1 Å². The SMILES string of the molecule is CCC(C)(C)N(C(=O)C(C)NC(=O)OC(C)(C)C)C(C(=O)NC(Cc1ccccc1)C(=O)OC(C)(C)C)c1ccc(O)cc1. The van der Waals surface area contributed by atoms with Crippen molar-refractivity contribution in [3.8, 4) is 5.75 Å². The zero-order valence-corrected chi connectivity index (χ0v) is 27.7. The standard InChI is InChI=1S/C34H49N3O7/c1-11-34(9,10)37(29(40)22(2)35-31(42)44-33(6,7)8)27(24-17-19-25(38)20-18-24)28(39)36-26(30(41)43-32(3,4)5)21-23-15-13-12-14-16-23/h12-20,22,26-27,38H,11,21H2,1-10H3,(H,35,42)(H,36,39). The number of hydrogen-bond acceptors (Lipinski definition) is 7. The van der Waals surface area contributed by atoms with E-state index in [9.17, 15) is 24.3 Å². The van der Waals surface area contributed by atoms with E-state index in [1.807, 2.05) is 51.1 Å². The molecule has 0 aliphatic heterocycles. The largest absolute Gasteiger partial charge is 0.508 e. The molecule has 0 spiro atoms. The first-order valence-corrected chi connectivity index (χ1v) is 14.9. The van der Waals surface area contributed by atoms with Crippen molar-refractivity contribution in [1.29, 1.82) is 0 Å². The Kier molecular flexibility index (Phi) is 12.0. The van der Waals surface area contributed by atoms with Crippen LogP contribution in [0.15, 0.2) is 54.6 Å². The van der Waals surface area contributed by atoms with E-state index in [0.717, 1.165) is 5.56 Å². The molecule has 3 N–H and O–H groups in total. The van der Waals surface area contributed by atoms with Gasteiger partial charge in [-0.25, -0.2) is 9.59 Å². The van der Waals surface area contributed by atoms with Gasteiger partial charge in [0, 0.05) is 12.0 Å². The topological polar surface area (TPSA) is 134 Å². The van der Waals surface area contributed by atoms with Gasteiger partial charge in [-0.05, 0) is 92.0 Å². The van der Waals surface area contributed by atoms with E-state index in [0.29, 0.717) is 12.0 Å². The number of phenolic OH excluding ortho intramolecular Hbond substituents is 1. The Morgan fingerprint density at radius 1 is 0.818 bits per heavy atom. The molecule has 2 aromatic rings. The fourth-order valence-corrected chi connectivity index (χ4v) is 4.44. The van der Waals surface area contributed by atoms with Crippen molar-refractivity contribution in [3.05, 3.63) is 65.7 Å². The number of aromatic hydroxyl groups is 1. The monoisotopic (exact) mass is 611 g/mol. The number of ether oxygens (including phenoxy) is 2. The Hall–Kier alpha value is -4.08. The number of esters is 1. The Labute approximate surface area is 261 Å². The summed E-state index contributed by atoms with van der Waals surface area (Å²) in [5, 5.41) is 15.4. The number of nitrogens with zero attached hydrogens (tertiary/aromatic N) is 1. The highest BCUT2D eigenvalue weighted by atomic mass is 16.6. The zero-order chi connectivity index (χ0) is 33.5. The highest BCUT2D eigenvalue weighted by Crippen LogP contribution is 2.33. The summed E-state index contributed by atoms with van der Waals surface area (Å²) < 4.78 is 11.0. The van der Waals surface area contributed by atoms with Gasteiger partial charge in [0.2, 0.25) is 11.8 Å². The van der Waals surface area contributed by atoms with Crippen LogP contribution in [-0.2, 0) is 30.3 Å². The van der Waals surface area contributed by atoms with Crippen molar-refractivity contribution in [2.45, 2.75) is 117 Å². The van der Waals surface area contributed by atoms with Gasteiger partial charge in [-0.2, -0.15) is 0 Å². The van der Waals surface area contributed by atoms with Crippen LogP contribution in [0.2, 0.25) is 0 Å². The van der Waals surface area contributed by atoms with E-state index >= 15 is 0 Å². The number of amides is 3. The second-order valence-electron chi connectivity index (χ2n) is 13.5. The van der Waals surface area contributed by atoms with Gasteiger partial charge in [-0.1, -0.05) is 49.4 Å². The molecule has 10 nitrogen and oxygen atoms in total. The maximum atomic E-state index is 14.4. The lowest BCUT2D eigenvalue weighted by Gasteiger charge is -2.44. The van der Waals surface area contributed by atoms with Crippen molar-refractivity contribution in [3.63, 3.8) is 0 Å². The molecule has 3 unspecified atom stereocenters. The fraction of sp³-hybridized carbons (Fsp3) is 0.529. The molecule has 0 aliphatic rings. The third-order valence-electron chi connectivity index (χ3n) is 6.86. The van der Waals surface area contributed by atoms with Crippen LogP contribution in [0.1, 0.15) is 92.8 Å². The summed E-state index contributed by atoms with van der Waals surface area (Å²) in [5.41, 5.74) is -1.26. The molecular formula is C34H49N3O7. The van der Waals surface area contributed by atoms with E-state index in [2.05, 4.69) is 10.6 Å². The molecule has 10 heteroatoms. The maximum Gasteiger partial charge on any atom is 0.408 e. The molecule has 0 saturated heterocycles. The average molecular weight is 612 g/mol. The van der Waals surface area contributed by atoms with Crippen LogP contribution in [0.4, 0.5) is 4.79 Å². The van der Waals surface area contributed by atoms with Gasteiger partial charge < -0.3 is 30.1 Å². The van der Waals surface area contributed by atoms with Crippen molar-refractivity contribution < 1.29 is 33.8 Å². The van der Waals surface area contributed by atoms with Crippen molar-refractivity contribution in [1.82, 2.24) is 15.5 Å². The second kappa shape index (κ2) is 14.6. The summed E-state index contributed by atoms with van der Waals surface area (Å²) in [6, 6.07) is 11.8. The highest BCUT2D eigenvalue weighted by molar-refractivity contribution is 5.94. The number of phenols is 1. The lowest BCUT2D eigenvalue weighted by atomic mass is 9.91. The molecule has 242 valence electrons. The summed E-state index contributed by atoms with van der Waals surface area (Å²) in [4.78, 5) is 55.9. The van der Waals surface area contributed by atoms with Crippen LogP contribution >= 0.6 is 0 Å². The molecule has 0 aliphatic carbocycles. The molecule has 0 aromatic heterocycles. The van der Waals surface area contributed by atoms with Crippen LogP contribution in [0, 0.1) is 0 Å². The van der Waals surface area contributed by atoms with Crippen molar-refractivity contribution in [2.24, 2.45) is 0 Å². The third-order valence-corrected chi connectivity index (χ3v) is 6.86. The second-order valence-corrected chi connectivity index (χ2v) is 13.5. The van der Waals surface area contributed by atoms with Gasteiger partial charge in [0.05, 0.1) is 0 Å². The van der Waals surface area contributed by atoms with E-state index < -0.39 is 58.7 Å². The average Bonchev–Trinajstić information content (AvgIpc) is 2.89. The highest BCUT2D eigenvalue weighted by Gasteiger charge is 2.43. The van der Waals surface area contributed by atoms with Crippen LogP contribution in [-0.4, -0.2) is 62.7 Å². The number of hydrogen-bond donors (Lipinski definition) is 3. The minimum atomic E-state index is -1.23. The van der Waals surface area contributed by atoms with E-state index in [1.165, 1.54) is 24.0 Å². The maximum absolute atomic E-state index is 14.4. The van der Waals surface area contributed by atoms with E-state index in [-0.39, 0.29) is 12.2 Å². The summed E-state index contributed by atoms with van der Waals surface area (Å²) in [6.07, 6.45) is -0.156. The molecule has 3 amide bonds. The quantitative estimate of drug-likeness (QED) is 0.288. The Balaban J connectivity index is 2.59. The fourth-order valence-electron chi connectivity index (χ4n) is 4.44. The predicted molar refractivity (Wildman–Crippen MR) is 169 cm³/mol. The molecule has 44 heavy (non-hydrogen) atoms. The first-order valence-electron chi connectivity index (χ1n) is 14.9. The smallest absolute Gasteiger partial charge is 0.408 e. The molecule has 2 rings (SSSR count). The number of carbonyl (C=O) groups excluding carboxylic acids is 4. The van der Waals surface area contributed by atoms with Gasteiger partial charge in [0.1, 0.15) is 35.1 Å². The van der Waals surface area contributed by atoms with Crippen molar-refractivity contribution >= 4 is 23.9 Å². The Morgan fingerprint density at radius 2 is 1.36 bits per heavy atom. The number of carbonyl (C=O) groups is 4. The Morgan fingerprint density at radius 3 is 1.86 bits per heavy atom. The molecule has 0 saturated carbocycles. The molecule has 0 heterocycles. The number of benzene rings is 2. The lowest BCUT2D eigenvalue weighted by Crippen LogP contribution is -2.59. The van der Waals surface area contributed by atoms with Gasteiger partial charge in [-0.15, -0.1) is 0 Å². The first-order chi connectivity index (χ1) is 20.2. The van der Waals surface area contributed by atoms with E-state index in [1.54, 1.807) is 53.7 Å². The third kappa shape index (κ3) is 10.9. The normalized spacial score (nSPS) is 14.0. The summed E-state index contributed by atoms with van der Waals surface area (Å²) in [6.45, 7) is 17.4. The van der Waals surface area contributed by atoms with E-state index in [4.69, 9.17) is 9.47 Å². The zero-order valence-electron chi connectivity index (χ0n) is 27.7. The van der Waals surface area contributed by atoms with Crippen molar-refractivity contribution in [2.75, 3.05) is 0 Å². The van der Waals surface area contributed by atoms with Crippen LogP contribution in [0.3, 0.4) is 0 Å². The molecule has 3 atom stereocenters. The van der Waals surface area contributed by atoms with Gasteiger partial charge in [-0.3, -0.25) is 9.59 Å². The van der Waals surface area contributed by atoms with Crippen LogP contribution in [0.5, 0.6) is 5.75 Å². The summed E-state index contributed by atoms with van der Waals surface area (Å²) >= 11 is 0. The molecule has 0 radical (unpaired) electrons. The summed E-state index contributed by atoms with van der Waals surface area (Å²) in [5.74, 6) is -1.79. The number of rotatable bonds is 11. The molecule has 0 bridgehead atoms. The molecule has 2 aromatic carbocycles. The summed E-state index contributed by atoms with van der Waals surface area (Å²) in [7, 11) is 0. The minimum Gasteiger partial charge on any atom is -0.508 e. The lowest BCUT2D eigenvalue weighted by molar-refractivity contribution is -0.159. The first kappa shape index (κ1) is 36.1. The number of nitrogens with one attached hydrogen (secondary N) is 2. The Bertz CT molecular complexity index is 1280. The molecular weight excluding hydrogens is 562 g/mol. The van der Waals surface area contributed by atoms with Crippen LogP contribution < -0.4 is 10.6 Å².